The van der Waals surface area contributed by atoms with Crippen LogP contribution in [-0.2, 0) is 0 Å². The van der Waals surface area contributed by atoms with E-state index in [2.05, 4.69) is 0 Å². The van der Waals surface area contributed by atoms with Crippen molar-refractivity contribution in [3.8, 4) is 0 Å². The van der Waals surface area contributed by atoms with E-state index in [-0.39, 0.29) is 12.0 Å². The minimum Gasteiger partial charge on any atom is -0.395 e. The third kappa shape index (κ3) is 2.17. The molecule has 0 aromatic heterocycles. The van der Waals surface area contributed by atoms with Crippen LogP contribution in [0.4, 0.5) is 0 Å². The second-order valence-corrected chi connectivity index (χ2v) is 8.98. The number of hydrogen-bond acceptors (Lipinski definition) is 6. The third-order valence-electron chi connectivity index (χ3n) is 4.40. The van der Waals surface area contributed by atoms with Crippen LogP contribution in [0.1, 0.15) is 27.2 Å². The highest BCUT2D eigenvalue weighted by atomic mass is 32.2. The second kappa shape index (κ2) is 4.93. The van der Waals surface area contributed by atoms with Gasteiger partial charge in [-0.3, -0.25) is 0 Å². The average molecular weight is 306 g/mol. The molecule has 19 heavy (non-hydrogen) atoms. The quantitative estimate of drug-likeness (QED) is 0.577. The highest BCUT2D eigenvalue weighted by Crippen LogP contribution is 2.59. The number of thioether (sulfide) groups is 2. The van der Waals surface area contributed by atoms with Gasteiger partial charge in [-0.25, -0.2) is 0 Å². The maximum atomic E-state index is 10.5. The molecule has 1 aliphatic heterocycles. The highest BCUT2D eigenvalue weighted by Gasteiger charge is 2.63. The van der Waals surface area contributed by atoms with Gasteiger partial charge in [0.05, 0.1) is 28.3 Å². The zero-order chi connectivity index (χ0) is 14.5. The predicted molar refractivity (Wildman–Crippen MR) is 79.0 cm³/mol. The summed E-state index contributed by atoms with van der Waals surface area (Å²) in [6.07, 6.45) is -2.98. The maximum Gasteiger partial charge on any atom is 0.109 e. The summed E-state index contributed by atoms with van der Waals surface area (Å²) in [6.45, 7) is 5.81. The zero-order valence-electron chi connectivity index (χ0n) is 11.4. The van der Waals surface area contributed by atoms with Gasteiger partial charge in [0.25, 0.3) is 0 Å². The van der Waals surface area contributed by atoms with E-state index in [0.717, 1.165) is 0 Å². The Kier molecular flexibility index (Phi) is 4.06. The summed E-state index contributed by atoms with van der Waals surface area (Å²) in [6, 6.07) is 0. The van der Waals surface area contributed by atoms with E-state index in [1.54, 1.807) is 0 Å². The van der Waals surface area contributed by atoms with Gasteiger partial charge >= 0.3 is 0 Å². The molecule has 4 N–H and O–H groups in total. The Morgan fingerprint density at radius 1 is 1.11 bits per heavy atom. The van der Waals surface area contributed by atoms with Crippen LogP contribution in [0.5, 0.6) is 0 Å². The van der Waals surface area contributed by atoms with Gasteiger partial charge in [-0.15, -0.1) is 23.5 Å². The van der Waals surface area contributed by atoms with Crippen LogP contribution in [0.25, 0.3) is 0 Å². The van der Waals surface area contributed by atoms with Gasteiger partial charge in [-0.05, 0) is 22.7 Å². The Balaban J connectivity index is 2.56. The summed E-state index contributed by atoms with van der Waals surface area (Å²) in [5.74, 6) is 0. The molecule has 2 bridgehead atoms. The van der Waals surface area contributed by atoms with Crippen LogP contribution in [0.3, 0.4) is 0 Å². The lowest BCUT2D eigenvalue weighted by molar-refractivity contribution is -0.137. The molecule has 6 heteroatoms. The number of aliphatic hydroxyl groups excluding tert-OH is 4. The number of hydrogen-bond donors (Lipinski definition) is 4. The molecule has 0 saturated heterocycles. The van der Waals surface area contributed by atoms with E-state index in [4.69, 9.17) is 0 Å². The first kappa shape index (κ1) is 15.7. The van der Waals surface area contributed by atoms with Crippen molar-refractivity contribution >= 4 is 23.5 Å². The summed E-state index contributed by atoms with van der Waals surface area (Å²) in [4.78, 5) is 0. The third-order valence-corrected chi connectivity index (χ3v) is 7.52. The highest BCUT2D eigenvalue weighted by molar-refractivity contribution is 8.07. The molecular weight excluding hydrogens is 284 g/mol. The maximum absolute atomic E-state index is 10.5. The summed E-state index contributed by atoms with van der Waals surface area (Å²) in [7, 11) is 0. The normalized spacial score (nSPS) is 47.0. The monoisotopic (exact) mass is 306 g/mol. The lowest BCUT2D eigenvalue weighted by atomic mass is 9.64. The first-order valence-electron chi connectivity index (χ1n) is 6.36. The molecule has 0 aromatic rings. The molecule has 0 spiro atoms. The standard InChI is InChI=1S/C13H22O4S2/c1-11(2,3)13-6-12(7-14,18-4-5-19-13)9(16)8(15)10(13)17/h4-5,8-10,14-17H,6-7H2,1-3H3/t8-,9-,10+,12-,13?/m0/s1. The van der Waals surface area contributed by atoms with Crippen molar-refractivity contribution in [2.24, 2.45) is 5.41 Å². The minimum absolute atomic E-state index is 0.231. The molecule has 0 radical (unpaired) electrons. The Morgan fingerprint density at radius 3 is 2.21 bits per heavy atom. The molecule has 1 aliphatic carbocycles. The van der Waals surface area contributed by atoms with Crippen LogP contribution in [-0.4, -0.2) is 54.8 Å². The Morgan fingerprint density at radius 2 is 1.68 bits per heavy atom. The number of aliphatic hydroxyl groups is 4. The SMILES string of the molecule is CC(C)(C)C12C[C@@](CO)(SC=CS1)[C@@H](O)[C@H](O)[C@H]2O. The van der Waals surface area contributed by atoms with E-state index in [0.29, 0.717) is 6.42 Å². The molecule has 0 aromatic carbocycles. The summed E-state index contributed by atoms with van der Waals surface area (Å²) in [5.41, 5.74) is -0.284. The first-order valence-corrected chi connectivity index (χ1v) is 8.12. The Labute approximate surface area is 122 Å². The van der Waals surface area contributed by atoms with Gasteiger partial charge in [0.2, 0.25) is 0 Å². The fourth-order valence-electron chi connectivity index (χ4n) is 3.02. The molecule has 1 unspecified atom stereocenters. The van der Waals surface area contributed by atoms with Crippen LogP contribution < -0.4 is 0 Å². The van der Waals surface area contributed by atoms with E-state index in [9.17, 15) is 20.4 Å². The van der Waals surface area contributed by atoms with Crippen molar-refractivity contribution in [2.45, 2.75) is 55.0 Å². The molecule has 1 fully saturated rings. The predicted octanol–water partition coefficient (Wildman–Crippen LogP) is 0.940. The van der Waals surface area contributed by atoms with Gasteiger partial charge < -0.3 is 20.4 Å². The first-order chi connectivity index (χ1) is 8.70. The molecule has 110 valence electrons. The van der Waals surface area contributed by atoms with Crippen molar-refractivity contribution < 1.29 is 20.4 Å². The smallest absolute Gasteiger partial charge is 0.109 e. The molecular formula is C13H22O4S2. The van der Waals surface area contributed by atoms with Gasteiger partial charge in [-0.1, -0.05) is 20.8 Å². The van der Waals surface area contributed by atoms with Crippen molar-refractivity contribution in [1.29, 1.82) is 0 Å². The van der Waals surface area contributed by atoms with Gasteiger partial charge in [0.1, 0.15) is 6.10 Å². The molecule has 0 amide bonds. The Bertz CT molecular complexity index is 381. The largest absolute Gasteiger partial charge is 0.395 e. The van der Waals surface area contributed by atoms with Crippen molar-refractivity contribution in [3.05, 3.63) is 10.8 Å². The molecule has 1 heterocycles. The second-order valence-electron chi connectivity index (χ2n) is 6.43. The van der Waals surface area contributed by atoms with Crippen molar-refractivity contribution in [3.63, 3.8) is 0 Å². The lowest BCUT2D eigenvalue weighted by Gasteiger charge is -2.57. The number of fused-ring (bicyclic) bond motifs is 2. The van der Waals surface area contributed by atoms with Crippen LogP contribution in [0.2, 0.25) is 0 Å². The Hall–Kier alpha value is 0.280. The zero-order valence-corrected chi connectivity index (χ0v) is 13.0. The van der Waals surface area contributed by atoms with Gasteiger partial charge in [0, 0.05) is 0 Å². The van der Waals surface area contributed by atoms with Crippen molar-refractivity contribution in [2.75, 3.05) is 6.61 Å². The summed E-state index contributed by atoms with van der Waals surface area (Å²) < 4.78 is -1.49. The van der Waals surface area contributed by atoms with E-state index >= 15 is 0 Å². The molecule has 2 aliphatic rings. The fraction of sp³-hybridized carbons (Fsp3) is 0.846. The lowest BCUT2D eigenvalue weighted by Crippen LogP contribution is -2.69. The van der Waals surface area contributed by atoms with Crippen LogP contribution >= 0.6 is 23.5 Å². The van der Waals surface area contributed by atoms with Gasteiger partial charge in [0.15, 0.2) is 0 Å². The minimum atomic E-state index is -1.25. The molecule has 4 nitrogen and oxygen atoms in total. The molecule has 5 atom stereocenters. The summed E-state index contributed by atoms with van der Waals surface area (Å²) >= 11 is 2.83. The van der Waals surface area contributed by atoms with Crippen LogP contribution in [0, 0.1) is 5.41 Å². The van der Waals surface area contributed by atoms with Gasteiger partial charge in [-0.2, -0.15) is 0 Å². The topological polar surface area (TPSA) is 80.9 Å². The number of rotatable bonds is 1. The van der Waals surface area contributed by atoms with Crippen molar-refractivity contribution in [1.82, 2.24) is 0 Å². The molecule has 2 rings (SSSR count). The summed E-state index contributed by atoms with van der Waals surface area (Å²) in [5, 5.41) is 44.5. The van der Waals surface area contributed by atoms with E-state index in [1.807, 2.05) is 31.6 Å². The van der Waals surface area contributed by atoms with Crippen LogP contribution in [0.15, 0.2) is 10.8 Å². The fourth-order valence-corrected chi connectivity index (χ4v) is 5.71. The average Bonchev–Trinajstić information content (AvgIpc) is 2.54. The van der Waals surface area contributed by atoms with E-state index < -0.39 is 27.8 Å². The van der Waals surface area contributed by atoms with E-state index in [1.165, 1.54) is 23.5 Å². The molecule has 1 saturated carbocycles.